The van der Waals surface area contributed by atoms with Gasteiger partial charge in [-0.3, -0.25) is 0 Å². The highest BCUT2D eigenvalue weighted by atomic mass is 35.5. The van der Waals surface area contributed by atoms with E-state index in [1.165, 1.54) is 4.88 Å². The monoisotopic (exact) mass is 280 g/mol. The average Bonchev–Trinajstić information content (AvgIpc) is 2.82. The number of aromatic nitrogens is 1. The molecular formula is C14H17ClN2S. The van der Waals surface area contributed by atoms with E-state index in [9.17, 15) is 0 Å². The Morgan fingerprint density at radius 3 is 2.94 bits per heavy atom. The average molecular weight is 281 g/mol. The Morgan fingerprint density at radius 1 is 1.39 bits per heavy atom. The van der Waals surface area contributed by atoms with E-state index in [4.69, 9.17) is 11.6 Å². The van der Waals surface area contributed by atoms with Crippen LogP contribution in [0.1, 0.15) is 23.8 Å². The van der Waals surface area contributed by atoms with Crippen LogP contribution in [0.2, 0.25) is 5.02 Å². The zero-order chi connectivity index (χ0) is 13.0. The molecule has 0 saturated carbocycles. The fraction of sp³-hybridized carbons (Fsp3) is 0.357. The number of rotatable bonds is 5. The summed E-state index contributed by atoms with van der Waals surface area (Å²) in [5, 5.41) is 5.21. The largest absolute Gasteiger partial charge is 0.312 e. The van der Waals surface area contributed by atoms with Crippen molar-refractivity contribution in [1.82, 2.24) is 10.3 Å². The lowest BCUT2D eigenvalue weighted by Gasteiger charge is -2.00. The van der Waals surface area contributed by atoms with Gasteiger partial charge < -0.3 is 5.32 Å². The van der Waals surface area contributed by atoms with Crippen LogP contribution in [0.25, 0.3) is 10.6 Å². The van der Waals surface area contributed by atoms with E-state index in [-0.39, 0.29) is 0 Å². The first kappa shape index (κ1) is 13.5. The first-order valence-electron chi connectivity index (χ1n) is 6.12. The molecule has 1 aromatic carbocycles. The molecule has 2 aromatic rings. The maximum atomic E-state index is 6.14. The number of thiazole rings is 1. The Balaban J connectivity index is 2.11. The van der Waals surface area contributed by atoms with Gasteiger partial charge in [0, 0.05) is 28.2 Å². The zero-order valence-corrected chi connectivity index (χ0v) is 12.2. The van der Waals surface area contributed by atoms with Crippen LogP contribution in [0.5, 0.6) is 0 Å². The van der Waals surface area contributed by atoms with Crippen molar-refractivity contribution in [2.75, 3.05) is 6.54 Å². The van der Waals surface area contributed by atoms with E-state index in [0.717, 1.165) is 40.7 Å². The molecule has 0 unspecified atom stereocenters. The third-order valence-corrected chi connectivity index (χ3v) is 4.15. The molecule has 2 nitrogen and oxygen atoms in total. The second-order valence-corrected chi connectivity index (χ2v) is 5.79. The molecule has 1 heterocycles. The van der Waals surface area contributed by atoms with Crippen LogP contribution in [0.15, 0.2) is 24.4 Å². The van der Waals surface area contributed by atoms with Crippen molar-refractivity contribution in [2.24, 2.45) is 0 Å². The maximum Gasteiger partial charge on any atom is 0.123 e. The molecule has 0 saturated heterocycles. The van der Waals surface area contributed by atoms with Crippen molar-refractivity contribution in [2.45, 2.75) is 26.8 Å². The molecule has 0 spiro atoms. The number of benzene rings is 1. The first-order chi connectivity index (χ1) is 8.70. The molecule has 96 valence electrons. The van der Waals surface area contributed by atoms with Gasteiger partial charge in [-0.05, 0) is 31.5 Å². The summed E-state index contributed by atoms with van der Waals surface area (Å²) in [6, 6.07) is 6.09. The highest BCUT2D eigenvalue weighted by molar-refractivity contribution is 7.15. The van der Waals surface area contributed by atoms with Gasteiger partial charge >= 0.3 is 0 Å². The Morgan fingerprint density at radius 2 is 2.22 bits per heavy atom. The molecular weight excluding hydrogens is 264 g/mol. The number of hydrogen-bond acceptors (Lipinski definition) is 3. The van der Waals surface area contributed by atoms with Gasteiger partial charge in [0.15, 0.2) is 0 Å². The summed E-state index contributed by atoms with van der Waals surface area (Å²) in [5.74, 6) is 0. The van der Waals surface area contributed by atoms with Crippen molar-refractivity contribution in [3.05, 3.63) is 39.9 Å². The predicted octanol–water partition coefficient (Wildman–Crippen LogP) is 4.27. The molecule has 0 radical (unpaired) electrons. The molecule has 4 heteroatoms. The van der Waals surface area contributed by atoms with Gasteiger partial charge in [0.1, 0.15) is 5.01 Å². The highest BCUT2D eigenvalue weighted by Gasteiger charge is 2.06. The van der Waals surface area contributed by atoms with E-state index in [1.807, 2.05) is 25.3 Å². The van der Waals surface area contributed by atoms with Gasteiger partial charge in [-0.1, -0.05) is 30.7 Å². The number of halogens is 1. The van der Waals surface area contributed by atoms with Gasteiger partial charge in [-0.2, -0.15) is 0 Å². The topological polar surface area (TPSA) is 24.9 Å². The summed E-state index contributed by atoms with van der Waals surface area (Å²) in [7, 11) is 0. The van der Waals surface area contributed by atoms with Gasteiger partial charge in [0.2, 0.25) is 0 Å². The molecule has 0 aliphatic rings. The third-order valence-electron chi connectivity index (χ3n) is 2.70. The molecule has 0 amide bonds. The molecule has 1 N–H and O–H groups in total. The van der Waals surface area contributed by atoms with E-state index >= 15 is 0 Å². The second-order valence-electron chi connectivity index (χ2n) is 4.27. The van der Waals surface area contributed by atoms with Crippen molar-refractivity contribution in [3.63, 3.8) is 0 Å². The van der Waals surface area contributed by atoms with E-state index in [2.05, 4.69) is 23.3 Å². The molecule has 1 aromatic heterocycles. The van der Waals surface area contributed by atoms with Crippen molar-refractivity contribution >= 4 is 22.9 Å². The maximum absolute atomic E-state index is 6.14. The lowest BCUT2D eigenvalue weighted by molar-refractivity contribution is 0.681. The summed E-state index contributed by atoms with van der Waals surface area (Å²) in [5.41, 5.74) is 2.19. The van der Waals surface area contributed by atoms with Gasteiger partial charge in [-0.25, -0.2) is 4.98 Å². The normalized spacial score (nSPS) is 10.8. The van der Waals surface area contributed by atoms with Gasteiger partial charge in [0.05, 0.1) is 0 Å². The molecule has 0 aliphatic carbocycles. The van der Waals surface area contributed by atoms with Gasteiger partial charge in [-0.15, -0.1) is 11.3 Å². The van der Waals surface area contributed by atoms with Crippen molar-refractivity contribution < 1.29 is 0 Å². The fourth-order valence-corrected chi connectivity index (χ4v) is 2.70. The van der Waals surface area contributed by atoms with E-state index < -0.39 is 0 Å². The van der Waals surface area contributed by atoms with Crippen molar-refractivity contribution in [3.8, 4) is 10.6 Å². The number of hydrogen-bond donors (Lipinski definition) is 1. The van der Waals surface area contributed by atoms with Crippen LogP contribution in [0.4, 0.5) is 0 Å². The number of aryl methyl sites for hydroxylation is 1. The summed E-state index contributed by atoms with van der Waals surface area (Å²) in [6.07, 6.45) is 3.09. The Hall–Kier alpha value is -0.900. The van der Waals surface area contributed by atoms with Gasteiger partial charge in [0.25, 0.3) is 0 Å². The van der Waals surface area contributed by atoms with Crippen LogP contribution in [0.3, 0.4) is 0 Å². The lowest BCUT2D eigenvalue weighted by atomic mass is 10.1. The molecule has 2 rings (SSSR count). The van der Waals surface area contributed by atoms with Crippen molar-refractivity contribution in [1.29, 1.82) is 0 Å². The summed E-state index contributed by atoms with van der Waals surface area (Å²) < 4.78 is 0. The minimum Gasteiger partial charge on any atom is -0.312 e. The highest BCUT2D eigenvalue weighted by Crippen LogP contribution is 2.28. The fourth-order valence-electron chi connectivity index (χ4n) is 1.64. The number of nitrogens with zero attached hydrogens (tertiary/aromatic N) is 1. The summed E-state index contributed by atoms with van der Waals surface area (Å²) in [6.45, 7) is 6.11. The molecule has 18 heavy (non-hydrogen) atoms. The minimum atomic E-state index is 0.799. The van der Waals surface area contributed by atoms with Crippen LogP contribution >= 0.6 is 22.9 Å². The lowest BCUT2D eigenvalue weighted by Crippen LogP contribution is -2.12. The van der Waals surface area contributed by atoms with Crippen LogP contribution < -0.4 is 5.32 Å². The Bertz CT molecular complexity index is 522. The van der Waals surface area contributed by atoms with Crippen LogP contribution in [-0.4, -0.2) is 11.5 Å². The quantitative estimate of drug-likeness (QED) is 0.827. The SMILES string of the molecule is CCCNCc1cnc(-c2ccc(C)c(Cl)c2)s1. The van der Waals surface area contributed by atoms with E-state index in [0.29, 0.717) is 0 Å². The second kappa shape index (κ2) is 6.32. The molecule has 0 atom stereocenters. The smallest absolute Gasteiger partial charge is 0.123 e. The standard InChI is InChI=1S/C14H17ClN2S/c1-3-6-16-8-12-9-17-14(18-12)11-5-4-10(2)13(15)7-11/h4-5,7,9,16H,3,6,8H2,1-2H3. The predicted molar refractivity (Wildman–Crippen MR) is 79.3 cm³/mol. The molecule has 0 bridgehead atoms. The molecule has 0 fully saturated rings. The van der Waals surface area contributed by atoms with E-state index in [1.54, 1.807) is 11.3 Å². The van der Waals surface area contributed by atoms with Crippen LogP contribution in [-0.2, 0) is 6.54 Å². The summed E-state index contributed by atoms with van der Waals surface area (Å²) >= 11 is 7.86. The third kappa shape index (κ3) is 3.31. The van der Waals surface area contributed by atoms with Crippen LogP contribution in [0, 0.1) is 6.92 Å². The Kier molecular flexibility index (Phi) is 4.75. The molecule has 0 aliphatic heterocycles. The Labute approximate surface area is 117 Å². The minimum absolute atomic E-state index is 0.799. The number of nitrogens with one attached hydrogen (secondary N) is 1. The zero-order valence-electron chi connectivity index (χ0n) is 10.7. The summed E-state index contributed by atoms with van der Waals surface area (Å²) in [4.78, 5) is 5.72. The first-order valence-corrected chi connectivity index (χ1v) is 7.32.